The van der Waals surface area contributed by atoms with E-state index in [0.29, 0.717) is 26.2 Å². The minimum atomic E-state index is -4.11. The van der Waals surface area contributed by atoms with E-state index in [0.717, 1.165) is 25.7 Å². The number of likely N-dealkylation sites (tertiary alicyclic amines) is 2. The van der Waals surface area contributed by atoms with Crippen molar-refractivity contribution in [1.82, 2.24) is 9.80 Å². The van der Waals surface area contributed by atoms with Crippen LogP contribution >= 0.6 is 0 Å². The SMILES string of the molecule is O=C(C1CCCC1)N1CC2CN(CC(F)(F)F)CC2C1. The second-order valence-corrected chi connectivity index (χ2v) is 6.55. The van der Waals surface area contributed by atoms with Crippen LogP contribution in [0.4, 0.5) is 13.2 Å². The molecule has 0 aromatic carbocycles. The Morgan fingerprint density at radius 1 is 1.00 bits per heavy atom. The molecule has 3 fully saturated rings. The number of hydrogen-bond acceptors (Lipinski definition) is 2. The number of carbonyl (C=O) groups is 1. The summed E-state index contributed by atoms with van der Waals surface area (Å²) in [5, 5.41) is 0. The van der Waals surface area contributed by atoms with Gasteiger partial charge in [-0.2, -0.15) is 13.2 Å². The van der Waals surface area contributed by atoms with Gasteiger partial charge in [0, 0.05) is 32.1 Å². The maximum absolute atomic E-state index is 12.4. The van der Waals surface area contributed by atoms with E-state index in [1.807, 2.05) is 4.90 Å². The lowest BCUT2D eigenvalue weighted by molar-refractivity contribution is -0.145. The molecule has 0 bridgehead atoms. The van der Waals surface area contributed by atoms with E-state index in [-0.39, 0.29) is 23.7 Å². The maximum atomic E-state index is 12.4. The highest BCUT2D eigenvalue weighted by Gasteiger charge is 2.45. The van der Waals surface area contributed by atoms with E-state index in [9.17, 15) is 18.0 Å². The minimum absolute atomic E-state index is 0.181. The highest BCUT2D eigenvalue weighted by atomic mass is 19.4. The number of alkyl halides is 3. The van der Waals surface area contributed by atoms with Gasteiger partial charge in [-0.05, 0) is 24.7 Å². The van der Waals surface area contributed by atoms with Crippen LogP contribution < -0.4 is 0 Å². The zero-order valence-electron chi connectivity index (χ0n) is 11.5. The van der Waals surface area contributed by atoms with E-state index in [1.54, 1.807) is 0 Å². The Hall–Kier alpha value is -0.780. The van der Waals surface area contributed by atoms with Crippen LogP contribution in [0.5, 0.6) is 0 Å². The van der Waals surface area contributed by atoms with Crippen LogP contribution in [0.2, 0.25) is 0 Å². The van der Waals surface area contributed by atoms with Gasteiger partial charge in [-0.1, -0.05) is 12.8 Å². The standard InChI is InChI=1S/C14H21F3N2O/c15-14(16,17)9-18-5-11-7-19(8-12(11)6-18)13(20)10-3-1-2-4-10/h10-12H,1-9H2. The van der Waals surface area contributed by atoms with Crippen LogP contribution in [-0.2, 0) is 4.79 Å². The van der Waals surface area contributed by atoms with E-state index >= 15 is 0 Å². The average molecular weight is 290 g/mol. The van der Waals surface area contributed by atoms with Crippen LogP contribution in [0.3, 0.4) is 0 Å². The number of amides is 1. The van der Waals surface area contributed by atoms with Crippen LogP contribution in [0.1, 0.15) is 25.7 Å². The quantitative estimate of drug-likeness (QED) is 0.778. The van der Waals surface area contributed by atoms with Gasteiger partial charge in [0.15, 0.2) is 0 Å². The minimum Gasteiger partial charge on any atom is -0.342 e. The fourth-order valence-corrected chi connectivity index (χ4v) is 4.08. The van der Waals surface area contributed by atoms with Crippen molar-refractivity contribution in [2.24, 2.45) is 17.8 Å². The summed E-state index contributed by atoms with van der Waals surface area (Å²) in [6.07, 6.45) is 0.140. The lowest BCUT2D eigenvalue weighted by Crippen LogP contribution is -2.38. The average Bonchev–Trinajstić information content (AvgIpc) is 2.98. The van der Waals surface area contributed by atoms with Crippen LogP contribution in [0, 0.1) is 17.8 Å². The molecule has 0 N–H and O–H groups in total. The van der Waals surface area contributed by atoms with Gasteiger partial charge in [-0.25, -0.2) is 0 Å². The molecular formula is C14H21F3N2O. The summed E-state index contributed by atoms with van der Waals surface area (Å²) in [7, 11) is 0. The van der Waals surface area contributed by atoms with Gasteiger partial charge < -0.3 is 4.90 Å². The van der Waals surface area contributed by atoms with Crippen LogP contribution in [-0.4, -0.2) is 54.6 Å². The normalized spacial score (nSPS) is 32.0. The highest BCUT2D eigenvalue weighted by molar-refractivity contribution is 5.79. The number of rotatable bonds is 2. The summed E-state index contributed by atoms with van der Waals surface area (Å²) in [5.74, 6) is 0.907. The second-order valence-electron chi connectivity index (χ2n) is 6.55. The summed E-state index contributed by atoms with van der Waals surface area (Å²) in [4.78, 5) is 15.7. The molecule has 0 aromatic heterocycles. The largest absolute Gasteiger partial charge is 0.401 e. The molecule has 2 saturated heterocycles. The highest BCUT2D eigenvalue weighted by Crippen LogP contribution is 2.35. The molecule has 20 heavy (non-hydrogen) atoms. The number of nitrogens with zero attached hydrogens (tertiary/aromatic N) is 2. The van der Waals surface area contributed by atoms with Gasteiger partial charge >= 0.3 is 6.18 Å². The van der Waals surface area contributed by atoms with Gasteiger partial charge in [0.25, 0.3) is 0 Å². The summed E-state index contributed by atoms with van der Waals surface area (Å²) < 4.78 is 37.2. The monoisotopic (exact) mass is 290 g/mol. The molecule has 6 heteroatoms. The molecule has 1 amide bonds. The predicted octanol–water partition coefficient (Wildman–Crippen LogP) is 2.13. The molecule has 3 rings (SSSR count). The van der Waals surface area contributed by atoms with Gasteiger partial charge in [0.2, 0.25) is 5.91 Å². The van der Waals surface area contributed by atoms with Crippen molar-refractivity contribution in [2.75, 3.05) is 32.7 Å². The fraction of sp³-hybridized carbons (Fsp3) is 0.929. The molecule has 1 aliphatic carbocycles. The summed E-state index contributed by atoms with van der Waals surface area (Å²) >= 11 is 0. The molecule has 114 valence electrons. The van der Waals surface area contributed by atoms with Gasteiger partial charge in [0.05, 0.1) is 6.54 Å². The number of carbonyl (C=O) groups excluding carboxylic acids is 1. The van der Waals surface area contributed by atoms with Crippen molar-refractivity contribution in [3.63, 3.8) is 0 Å². The summed E-state index contributed by atoms with van der Waals surface area (Å²) in [6.45, 7) is 1.48. The smallest absolute Gasteiger partial charge is 0.342 e. The summed E-state index contributed by atoms with van der Waals surface area (Å²) in [6, 6.07) is 0. The topological polar surface area (TPSA) is 23.6 Å². The molecule has 2 atom stereocenters. The van der Waals surface area contributed by atoms with Gasteiger partial charge in [0.1, 0.15) is 0 Å². The predicted molar refractivity (Wildman–Crippen MR) is 68.0 cm³/mol. The number of hydrogen-bond donors (Lipinski definition) is 0. The molecule has 3 aliphatic rings. The van der Waals surface area contributed by atoms with Crippen molar-refractivity contribution in [2.45, 2.75) is 31.9 Å². The molecule has 2 aliphatic heterocycles. The Labute approximate surface area is 117 Å². The lowest BCUT2D eigenvalue weighted by atomic mass is 10.0. The summed E-state index contributed by atoms with van der Waals surface area (Å²) in [5.41, 5.74) is 0. The number of halogens is 3. The third kappa shape index (κ3) is 2.95. The zero-order chi connectivity index (χ0) is 14.3. The maximum Gasteiger partial charge on any atom is 0.401 e. The molecule has 0 radical (unpaired) electrons. The van der Waals surface area contributed by atoms with Crippen molar-refractivity contribution in [3.8, 4) is 0 Å². The van der Waals surface area contributed by atoms with Crippen LogP contribution in [0.15, 0.2) is 0 Å². The van der Waals surface area contributed by atoms with Gasteiger partial charge in [-0.3, -0.25) is 9.69 Å². The van der Waals surface area contributed by atoms with Crippen molar-refractivity contribution >= 4 is 5.91 Å². The van der Waals surface area contributed by atoms with E-state index < -0.39 is 12.7 Å². The third-order valence-corrected chi connectivity index (χ3v) is 4.98. The van der Waals surface area contributed by atoms with Crippen molar-refractivity contribution in [3.05, 3.63) is 0 Å². The molecule has 2 heterocycles. The molecule has 0 spiro atoms. The molecular weight excluding hydrogens is 269 g/mol. The van der Waals surface area contributed by atoms with E-state index in [2.05, 4.69) is 0 Å². The Morgan fingerprint density at radius 2 is 1.55 bits per heavy atom. The molecule has 2 unspecified atom stereocenters. The second kappa shape index (κ2) is 5.20. The fourth-order valence-electron chi connectivity index (χ4n) is 4.08. The van der Waals surface area contributed by atoms with E-state index in [1.165, 1.54) is 4.90 Å². The zero-order valence-corrected chi connectivity index (χ0v) is 11.5. The van der Waals surface area contributed by atoms with Crippen molar-refractivity contribution in [1.29, 1.82) is 0 Å². The van der Waals surface area contributed by atoms with Crippen LogP contribution in [0.25, 0.3) is 0 Å². The van der Waals surface area contributed by atoms with Gasteiger partial charge in [-0.15, -0.1) is 0 Å². The van der Waals surface area contributed by atoms with Crippen molar-refractivity contribution < 1.29 is 18.0 Å². The third-order valence-electron chi connectivity index (χ3n) is 4.98. The Kier molecular flexibility index (Phi) is 3.69. The Bertz CT molecular complexity index is 365. The molecule has 0 aromatic rings. The lowest BCUT2D eigenvalue weighted by Gasteiger charge is -2.24. The Morgan fingerprint density at radius 3 is 2.05 bits per heavy atom. The first kappa shape index (κ1) is 14.2. The Balaban J connectivity index is 1.52. The number of fused-ring (bicyclic) bond motifs is 1. The first-order valence-corrected chi connectivity index (χ1v) is 7.50. The van der Waals surface area contributed by atoms with E-state index in [4.69, 9.17) is 0 Å². The molecule has 1 saturated carbocycles. The molecule has 3 nitrogen and oxygen atoms in total. The first-order chi connectivity index (χ1) is 9.42. The first-order valence-electron chi connectivity index (χ1n) is 7.50.